The van der Waals surface area contributed by atoms with Crippen molar-refractivity contribution >= 4 is 22.4 Å². The average Bonchev–Trinajstić information content (AvgIpc) is 2.68. The van der Waals surface area contributed by atoms with Gasteiger partial charge in [0, 0.05) is 17.0 Å². The molecule has 0 N–H and O–H groups in total. The standard InChI is InChI=1S/C25H19ClF2/c1-2-3-16-4-6-17(7-5-16)18-8-10-23-19(12-18)9-11-24(25(23)26)20-13-21(27)15-22(28)14-20/h4-15H,2-3H2,1H3. The van der Waals surface area contributed by atoms with E-state index in [2.05, 4.69) is 37.3 Å². The zero-order chi connectivity index (χ0) is 19.7. The summed E-state index contributed by atoms with van der Waals surface area (Å²) in [6, 6.07) is 21.9. The van der Waals surface area contributed by atoms with Crippen LogP contribution in [0.2, 0.25) is 5.02 Å². The van der Waals surface area contributed by atoms with Gasteiger partial charge < -0.3 is 0 Å². The largest absolute Gasteiger partial charge is 0.207 e. The first-order valence-electron chi connectivity index (χ1n) is 9.33. The fraction of sp³-hybridized carbons (Fsp3) is 0.120. The van der Waals surface area contributed by atoms with Crippen molar-refractivity contribution in [3.63, 3.8) is 0 Å². The van der Waals surface area contributed by atoms with E-state index in [-0.39, 0.29) is 0 Å². The Hall–Kier alpha value is -2.71. The average molecular weight is 393 g/mol. The third-order valence-corrected chi connectivity index (χ3v) is 5.36. The van der Waals surface area contributed by atoms with E-state index in [9.17, 15) is 8.78 Å². The van der Waals surface area contributed by atoms with Crippen molar-refractivity contribution in [3.8, 4) is 22.3 Å². The van der Waals surface area contributed by atoms with Crippen LogP contribution in [0.4, 0.5) is 8.78 Å². The summed E-state index contributed by atoms with van der Waals surface area (Å²) < 4.78 is 27.2. The first-order valence-corrected chi connectivity index (χ1v) is 9.71. The van der Waals surface area contributed by atoms with Gasteiger partial charge in [-0.15, -0.1) is 0 Å². The lowest BCUT2D eigenvalue weighted by atomic mass is 9.96. The highest BCUT2D eigenvalue weighted by Crippen LogP contribution is 2.36. The van der Waals surface area contributed by atoms with Crippen LogP contribution in [0.5, 0.6) is 0 Å². The minimum absolute atomic E-state index is 0.431. The molecule has 0 spiro atoms. The number of rotatable bonds is 4. The molecule has 0 heterocycles. The summed E-state index contributed by atoms with van der Waals surface area (Å²) in [5, 5.41) is 2.34. The topological polar surface area (TPSA) is 0 Å². The molecule has 0 aromatic heterocycles. The normalized spacial score (nSPS) is 11.1. The predicted molar refractivity (Wildman–Crippen MR) is 114 cm³/mol. The molecule has 0 amide bonds. The third-order valence-electron chi connectivity index (χ3n) is 4.95. The molecule has 4 aromatic carbocycles. The summed E-state index contributed by atoms with van der Waals surface area (Å²) in [5.41, 5.74) is 4.64. The number of halogens is 3. The lowest BCUT2D eigenvalue weighted by molar-refractivity contribution is 0.584. The fourth-order valence-corrected chi connectivity index (χ4v) is 3.90. The molecule has 0 saturated heterocycles. The van der Waals surface area contributed by atoms with Crippen molar-refractivity contribution in [2.45, 2.75) is 19.8 Å². The fourth-order valence-electron chi connectivity index (χ4n) is 3.56. The van der Waals surface area contributed by atoms with Crippen LogP contribution in [0.15, 0.2) is 72.8 Å². The molecule has 0 atom stereocenters. The highest BCUT2D eigenvalue weighted by molar-refractivity contribution is 6.38. The minimum atomic E-state index is -0.618. The third kappa shape index (κ3) is 3.65. The van der Waals surface area contributed by atoms with Crippen LogP contribution in [0.25, 0.3) is 33.0 Å². The van der Waals surface area contributed by atoms with Crippen molar-refractivity contribution in [2.24, 2.45) is 0 Å². The molecule has 3 heteroatoms. The highest BCUT2D eigenvalue weighted by Gasteiger charge is 2.11. The summed E-state index contributed by atoms with van der Waals surface area (Å²) >= 11 is 6.59. The Balaban J connectivity index is 1.75. The Kier molecular flexibility index (Phi) is 5.15. The van der Waals surface area contributed by atoms with Gasteiger partial charge in [0.1, 0.15) is 11.6 Å². The van der Waals surface area contributed by atoms with Crippen molar-refractivity contribution in [1.29, 1.82) is 0 Å². The van der Waals surface area contributed by atoms with Gasteiger partial charge in [-0.2, -0.15) is 0 Å². The Morgan fingerprint density at radius 3 is 2.07 bits per heavy atom. The second kappa shape index (κ2) is 7.73. The van der Waals surface area contributed by atoms with Crippen LogP contribution in [0, 0.1) is 11.6 Å². The second-order valence-corrected chi connectivity index (χ2v) is 7.35. The Labute approximate surface area is 168 Å². The van der Waals surface area contributed by atoms with Gasteiger partial charge in [-0.25, -0.2) is 8.78 Å². The van der Waals surface area contributed by atoms with E-state index in [4.69, 9.17) is 11.6 Å². The summed E-state index contributed by atoms with van der Waals surface area (Å²) in [6.45, 7) is 2.17. The van der Waals surface area contributed by atoms with E-state index in [1.165, 1.54) is 17.7 Å². The van der Waals surface area contributed by atoms with Gasteiger partial charge in [0.15, 0.2) is 0 Å². The summed E-state index contributed by atoms with van der Waals surface area (Å²) in [6.07, 6.45) is 2.21. The Bertz CT molecular complexity index is 1130. The second-order valence-electron chi connectivity index (χ2n) is 6.97. The van der Waals surface area contributed by atoms with Crippen molar-refractivity contribution in [2.75, 3.05) is 0 Å². The molecule has 0 saturated carbocycles. The van der Waals surface area contributed by atoms with E-state index in [0.717, 1.165) is 40.8 Å². The number of fused-ring (bicyclic) bond motifs is 1. The molecule has 4 rings (SSSR count). The molecule has 0 aliphatic carbocycles. The number of hydrogen-bond donors (Lipinski definition) is 0. The first kappa shape index (κ1) is 18.6. The van der Waals surface area contributed by atoms with E-state index in [1.807, 2.05) is 24.3 Å². The van der Waals surface area contributed by atoms with Gasteiger partial charge in [0.2, 0.25) is 0 Å². The minimum Gasteiger partial charge on any atom is -0.207 e. The maximum absolute atomic E-state index is 13.6. The molecule has 28 heavy (non-hydrogen) atoms. The van der Waals surface area contributed by atoms with Crippen LogP contribution in [0.1, 0.15) is 18.9 Å². The van der Waals surface area contributed by atoms with Gasteiger partial charge in [-0.3, -0.25) is 0 Å². The summed E-state index contributed by atoms with van der Waals surface area (Å²) in [5.74, 6) is -1.24. The summed E-state index contributed by atoms with van der Waals surface area (Å²) in [4.78, 5) is 0. The molecular formula is C25H19ClF2. The summed E-state index contributed by atoms with van der Waals surface area (Å²) in [7, 11) is 0. The molecule has 0 radical (unpaired) electrons. The van der Waals surface area contributed by atoms with E-state index >= 15 is 0 Å². The van der Waals surface area contributed by atoms with Gasteiger partial charge in [-0.05, 0) is 52.3 Å². The molecule has 0 aliphatic heterocycles. The van der Waals surface area contributed by atoms with Gasteiger partial charge in [0.25, 0.3) is 0 Å². The van der Waals surface area contributed by atoms with Crippen LogP contribution in [0.3, 0.4) is 0 Å². The molecule has 0 unspecified atom stereocenters. The predicted octanol–water partition coefficient (Wildman–Crippen LogP) is 8.06. The quantitative estimate of drug-likeness (QED) is 0.329. The van der Waals surface area contributed by atoms with Gasteiger partial charge >= 0.3 is 0 Å². The molecule has 0 aliphatic rings. The molecule has 0 nitrogen and oxygen atoms in total. The van der Waals surface area contributed by atoms with E-state index in [0.29, 0.717) is 16.1 Å². The van der Waals surface area contributed by atoms with Crippen LogP contribution in [-0.4, -0.2) is 0 Å². The van der Waals surface area contributed by atoms with Crippen LogP contribution in [-0.2, 0) is 6.42 Å². The molecule has 0 bridgehead atoms. The Morgan fingerprint density at radius 2 is 1.39 bits per heavy atom. The monoisotopic (exact) mass is 392 g/mol. The SMILES string of the molecule is CCCc1ccc(-c2ccc3c(Cl)c(-c4cc(F)cc(F)c4)ccc3c2)cc1. The zero-order valence-electron chi connectivity index (χ0n) is 15.5. The highest BCUT2D eigenvalue weighted by atomic mass is 35.5. The van der Waals surface area contributed by atoms with E-state index in [1.54, 1.807) is 0 Å². The maximum atomic E-state index is 13.6. The lowest BCUT2D eigenvalue weighted by Gasteiger charge is -2.11. The lowest BCUT2D eigenvalue weighted by Crippen LogP contribution is -1.87. The van der Waals surface area contributed by atoms with Crippen molar-refractivity contribution < 1.29 is 8.78 Å². The van der Waals surface area contributed by atoms with Crippen molar-refractivity contribution in [3.05, 3.63) is 95.0 Å². The molecule has 140 valence electrons. The first-order chi connectivity index (χ1) is 13.5. The number of hydrogen-bond acceptors (Lipinski definition) is 0. The molecule has 0 fully saturated rings. The Morgan fingerprint density at radius 1 is 0.714 bits per heavy atom. The smallest absolute Gasteiger partial charge is 0.126 e. The van der Waals surface area contributed by atoms with E-state index < -0.39 is 11.6 Å². The molecule has 4 aromatic rings. The van der Waals surface area contributed by atoms with Crippen LogP contribution < -0.4 is 0 Å². The van der Waals surface area contributed by atoms with Crippen molar-refractivity contribution in [1.82, 2.24) is 0 Å². The number of aryl methyl sites for hydroxylation is 1. The van der Waals surface area contributed by atoms with Gasteiger partial charge in [-0.1, -0.05) is 73.5 Å². The number of benzene rings is 4. The maximum Gasteiger partial charge on any atom is 0.126 e. The van der Waals surface area contributed by atoms with Gasteiger partial charge in [0.05, 0.1) is 5.02 Å². The van der Waals surface area contributed by atoms with Crippen LogP contribution >= 0.6 is 11.6 Å². The molecular weight excluding hydrogens is 374 g/mol. The zero-order valence-corrected chi connectivity index (χ0v) is 16.2.